The van der Waals surface area contributed by atoms with Crippen LogP contribution in [0.5, 0.6) is 5.75 Å². The maximum Gasteiger partial charge on any atom is 0.123 e. The molecular formula is C17H26BrNOS. The fourth-order valence-corrected chi connectivity index (χ4v) is 4.36. The maximum atomic E-state index is 5.85. The predicted octanol–water partition coefficient (Wildman–Crippen LogP) is 5.00. The van der Waals surface area contributed by atoms with Gasteiger partial charge in [-0.05, 0) is 49.6 Å². The predicted molar refractivity (Wildman–Crippen MR) is 96.3 cm³/mol. The molecule has 0 aromatic heterocycles. The quantitative estimate of drug-likeness (QED) is 0.694. The van der Waals surface area contributed by atoms with Gasteiger partial charge in [-0.2, -0.15) is 11.8 Å². The smallest absolute Gasteiger partial charge is 0.123 e. The molecule has 21 heavy (non-hydrogen) atoms. The van der Waals surface area contributed by atoms with Crippen LogP contribution in [-0.2, 0) is 6.54 Å². The lowest BCUT2D eigenvalue weighted by atomic mass is 10.1. The summed E-state index contributed by atoms with van der Waals surface area (Å²) < 4.78 is 6.97. The summed E-state index contributed by atoms with van der Waals surface area (Å²) in [6.45, 7) is 6.07. The van der Waals surface area contributed by atoms with Gasteiger partial charge in [-0.3, -0.25) is 0 Å². The summed E-state index contributed by atoms with van der Waals surface area (Å²) in [6, 6.07) is 6.96. The third-order valence-electron chi connectivity index (χ3n) is 3.85. The van der Waals surface area contributed by atoms with Crippen molar-refractivity contribution < 1.29 is 4.74 Å². The molecule has 0 saturated heterocycles. The fraction of sp³-hybridized carbons (Fsp3) is 0.647. The lowest BCUT2D eigenvalue weighted by Crippen LogP contribution is -2.26. The summed E-state index contributed by atoms with van der Waals surface area (Å²) in [4.78, 5) is 0. The number of halogens is 1. The highest BCUT2D eigenvalue weighted by Crippen LogP contribution is 2.30. The zero-order valence-corrected chi connectivity index (χ0v) is 15.4. The highest BCUT2D eigenvalue weighted by atomic mass is 79.9. The van der Waals surface area contributed by atoms with Crippen LogP contribution in [-0.4, -0.2) is 23.7 Å². The Morgan fingerprint density at radius 3 is 2.95 bits per heavy atom. The first kappa shape index (κ1) is 17.2. The zero-order chi connectivity index (χ0) is 15.1. The number of thioether (sulfide) groups is 1. The fourth-order valence-electron chi connectivity index (χ4n) is 2.81. The highest BCUT2D eigenvalue weighted by Gasteiger charge is 2.24. The zero-order valence-electron chi connectivity index (χ0n) is 13.0. The van der Waals surface area contributed by atoms with Crippen molar-refractivity contribution in [2.24, 2.45) is 0 Å². The summed E-state index contributed by atoms with van der Waals surface area (Å²) in [6.07, 6.45) is 5.00. The Kier molecular flexibility index (Phi) is 7.41. The van der Waals surface area contributed by atoms with Gasteiger partial charge in [-0.15, -0.1) is 0 Å². The van der Waals surface area contributed by atoms with Crippen LogP contribution in [0.15, 0.2) is 22.7 Å². The Labute approximate surface area is 141 Å². The third kappa shape index (κ3) is 5.50. The normalized spacial score (nSPS) is 21.7. The van der Waals surface area contributed by atoms with Crippen molar-refractivity contribution in [1.29, 1.82) is 0 Å². The molecule has 0 amide bonds. The summed E-state index contributed by atoms with van der Waals surface area (Å²) in [5, 5.41) is 4.57. The molecule has 2 rings (SSSR count). The first-order valence-electron chi connectivity index (χ1n) is 7.99. The van der Waals surface area contributed by atoms with Gasteiger partial charge in [-0.25, -0.2) is 0 Å². The molecule has 1 aromatic carbocycles. The number of rotatable bonds is 8. The van der Waals surface area contributed by atoms with Crippen molar-refractivity contribution in [3.8, 4) is 5.75 Å². The number of nitrogens with one attached hydrogen (secondary N) is 1. The van der Waals surface area contributed by atoms with Crippen LogP contribution in [0.1, 0.15) is 45.1 Å². The van der Waals surface area contributed by atoms with Gasteiger partial charge < -0.3 is 10.1 Å². The first-order valence-corrected chi connectivity index (χ1v) is 9.83. The topological polar surface area (TPSA) is 21.3 Å². The van der Waals surface area contributed by atoms with E-state index in [1.54, 1.807) is 0 Å². The van der Waals surface area contributed by atoms with E-state index in [0.29, 0.717) is 6.04 Å². The van der Waals surface area contributed by atoms with E-state index in [1.165, 1.54) is 30.6 Å². The van der Waals surface area contributed by atoms with E-state index in [0.717, 1.165) is 35.0 Å². The lowest BCUT2D eigenvalue weighted by Gasteiger charge is -2.16. The summed E-state index contributed by atoms with van der Waals surface area (Å²) in [5.41, 5.74) is 1.25. The van der Waals surface area contributed by atoms with Crippen LogP contribution in [0.25, 0.3) is 0 Å². The molecule has 2 unspecified atom stereocenters. The van der Waals surface area contributed by atoms with Gasteiger partial charge in [0.15, 0.2) is 0 Å². The number of ether oxygens (including phenoxy) is 1. The van der Waals surface area contributed by atoms with Crippen LogP contribution in [0, 0.1) is 0 Å². The van der Waals surface area contributed by atoms with Gasteiger partial charge in [0.25, 0.3) is 0 Å². The average molecular weight is 372 g/mol. The second-order valence-corrected chi connectivity index (χ2v) is 8.06. The van der Waals surface area contributed by atoms with Gasteiger partial charge in [0, 0.05) is 27.9 Å². The Balaban J connectivity index is 1.88. The first-order chi connectivity index (χ1) is 10.2. The second-order valence-electron chi connectivity index (χ2n) is 5.57. The molecule has 0 radical (unpaired) electrons. The van der Waals surface area contributed by atoms with E-state index < -0.39 is 0 Å². The Hall–Kier alpha value is -0.190. The van der Waals surface area contributed by atoms with E-state index in [9.17, 15) is 0 Å². The van der Waals surface area contributed by atoms with E-state index >= 15 is 0 Å². The molecule has 4 heteroatoms. The minimum atomic E-state index is 0.659. The highest BCUT2D eigenvalue weighted by molar-refractivity contribution is 9.10. The SMILES string of the molecule is CCCOc1ccc(Br)cc1CNC1CCC(SCC)C1. The number of benzene rings is 1. The molecule has 1 fully saturated rings. The van der Waals surface area contributed by atoms with Crippen molar-refractivity contribution in [3.63, 3.8) is 0 Å². The van der Waals surface area contributed by atoms with Crippen molar-refractivity contribution in [1.82, 2.24) is 5.32 Å². The van der Waals surface area contributed by atoms with E-state index in [2.05, 4.69) is 65.1 Å². The van der Waals surface area contributed by atoms with Crippen LogP contribution in [0.3, 0.4) is 0 Å². The molecule has 1 aromatic rings. The van der Waals surface area contributed by atoms with Crippen LogP contribution < -0.4 is 10.1 Å². The van der Waals surface area contributed by atoms with E-state index in [4.69, 9.17) is 4.74 Å². The summed E-state index contributed by atoms with van der Waals surface area (Å²) >= 11 is 5.67. The second kappa shape index (κ2) is 9.06. The van der Waals surface area contributed by atoms with Gasteiger partial charge >= 0.3 is 0 Å². The van der Waals surface area contributed by atoms with Gasteiger partial charge in [0.05, 0.1) is 6.61 Å². The molecule has 1 saturated carbocycles. The molecule has 1 aliphatic carbocycles. The molecule has 1 N–H and O–H groups in total. The summed E-state index contributed by atoms with van der Waals surface area (Å²) in [5.74, 6) is 2.25. The van der Waals surface area contributed by atoms with Crippen LogP contribution in [0.2, 0.25) is 0 Å². The third-order valence-corrected chi connectivity index (χ3v) is 5.58. The summed E-state index contributed by atoms with van der Waals surface area (Å²) in [7, 11) is 0. The molecule has 2 atom stereocenters. The molecule has 0 aliphatic heterocycles. The van der Waals surface area contributed by atoms with Crippen LogP contribution >= 0.6 is 27.7 Å². The molecule has 1 aliphatic rings. The van der Waals surface area contributed by atoms with Gasteiger partial charge in [-0.1, -0.05) is 29.8 Å². The van der Waals surface area contributed by atoms with Gasteiger partial charge in [0.2, 0.25) is 0 Å². The Morgan fingerprint density at radius 1 is 1.33 bits per heavy atom. The largest absolute Gasteiger partial charge is 0.493 e. The molecule has 2 nitrogen and oxygen atoms in total. The van der Waals surface area contributed by atoms with Crippen LogP contribution in [0.4, 0.5) is 0 Å². The van der Waals surface area contributed by atoms with Gasteiger partial charge in [0.1, 0.15) is 5.75 Å². The number of hydrogen-bond acceptors (Lipinski definition) is 3. The maximum absolute atomic E-state index is 5.85. The molecule has 0 heterocycles. The van der Waals surface area contributed by atoms with Crippen molar-refractivity contribution in [3.05, 3.63) is 28.2 Å². The molecule has 0 spiro atoms. The minimum Gasteiger partial charge on any atom is -0.493 e. The minimum absolute atomic E-state index is 0.659. The average Bonchev–Trinajstić information content (AvgIpc) is 2.92. The van der Waals surface area contributed by atoms with E-state index in [-0.39, 0.29) is 0 Å². The number of hydrogen-bond donors (Lipinski definition) is 1. The molecule has 0 bridgehead atoms. The lowest BCUT2D eigenvalue weighted by molar-refractivity contribution is 0.312. The van der Waals surface area contributed by atoms with E-state index in [1.807, 2.05) is 0 Å². The monoisotopic (exact) mass is 371 g/mol. The molecular weight excluding hydrogens is 346 g/mol. The van der Waals surface area contributed by atoms with Crippen molar-refractivity contribution in [2.45, 2.75) is 57.4 Å². The Morgan fingerprint density at radius 2 is 2.19 bits per heavy atom. The van der Waals surface area contributed by atoms with Crippen molar-refractivity contribution in [2.75, 3.05) is 12.4 Å². The standard InChI is InChI=1S/C17H26BrNOS/c1-3-9-20-17-8-5-14(18)10-13(17)12-19-15-6-7-16(11-15)21-4-2/h5,8,10,15-16,19H,3-4,6-7,9,11-12H2,1-2H3. The van der Waals surface area contributed by atoms with Crippen molar-refractivity contribution >= 4 is 27.7 Å². The molecule has 118 valence electrons. The Bertz CT molecular complexity index is 441.